The molecule has 0 amide bonds. The van der Waals surface area contributed by atoms with E-state index in [9.17, 15) is 0 Å². The van der Waals surface area contributed by atoms with Crippen LogP contribution in [0.2, 0.25) is 0 Å². The predicted molar refractivity (Wildman–Crippen MR) is 54.0 cm³/mol. The van der Waals surface area contributed by atoms with Crippen molar-refractivity contribution in [1.82, 2.24) is 0 Å². The van der Waals surface area contributed by atoms with Gasteiger partial charge in [0.25, 0.3) is 0 Å². The Labute approximate surface area is 83.7 Å². The molecule has 2 nitrogen and oxygen atoms in total. The summed E-state index contributed by atoms with van der Waals surface area (Å²) >= 11 is 0. The molecule has 0 fully saturated rings. The van der Waals surface area contributed by atoms with Gasteiger partial charge in [-0.25, -0.2) is 0 Å². The molecular weight excluding hydrogens is 172 g/mol. The lowest BCUT2D eigenvalue weighted by molar-refractivity contribution is 0.659. The van der Waals surface area contributed by atoms with Gasteiger partial charge in [0.15, 0.2) is 5.41 Å². The van der Waals surface area contributed by atoms with E-state index in [1.807, 2.05) is 42.5 Å². The van der Waals surface area contributed by atoms with E-state index in [1.54, 1.807) is 0 Å². The van der Waals surface area contributed by atoms with E-state index in [-0.39, 0.29) is 0 Å². The zero-order chi connectivity index (χ0) is 10.4. The Morgan fingerprint density at radius 3 is 2.21 bits per heavy atom. The first-order chi connectivity index (χ1) is 6.76. The maximum absolute atomic E-state index is 8.89. The largest absolute Gasteiger partial charge is 0.196 e. The lowest BCUT2D eigenvalue weighted by Gasteiger charge is -2.12. The van der Waals surface area contributed by atoms with Crippen LogP contribution in [0.1, 0.15) is 5.56 Å². The molecule has 0 unspecified atom stereocenters. The van der Waals surface area contributed by atoms with Crippen molar-refractivity contribution in [2.24, 2.45) is 5.41 Å². The molecule has 0 spiro atoms. The maximum Gasteiger partial charge on any atom is 0.165 e. The van der Waals surface area contributed by atoms with Crippen molar-refractivity contribution in [3.63, 3.8) is 0 Å². The molecule has 14 heavy (non-hydrogen) atoms. The molecule has 68 valence electrons. The van der Waals surface area contributed by atoms with Crippen LogP contribution in [-0.2, 0) is 6.42 Å². The molecule has 0 saturated heterocycles. The van der Waals surface area contributed by atoms with Crippen LogP contribution in [0.25, 0.3) is 0 Å². The Kier molecular flexibility index (Phi) is 3.05. The molecule has 0 radical (unpaired) electrons. The van der Waals surface area contributed by atoms with Gasteiger partial charge in [-0.15, -0.1) is 6.58 Å². The van der Waals surface area contributed by atoms with Gasteiger partial charge in [0.1, 0.15) is 0 Å². The third-order valence-corrected chi connectivity index (χ3v) is 2.07. The molecule has 0 aliphatic carbocycles. The van der Waals surface area contributed by atoms with Gasteiger partial charge in [0.2, 0.25) is 0 Å². The Hall–Kier alpha value is -2.06. The van der Waals surface area contributed by atoms with Crippen LogP contribution >= 0.6 is 0 Å². The van der Waals surface area contributed by atoms with E-state index < -0.39 is 5.41 Å². The van der Waals surface area contributed by atoms with Crippen molar-refractivity contribution in [2.75, 3.05) is 0 Å². The summed E-state index contributed by atoms with van der Waals surface area (Å²) in [4.78, 5) is 0. The van der Waals surface area contributed by atoms with Crippen molar-refractivity contribution in [2.45, 2.75) is 6.42 Å². The summed E-state index contributed by atoms with van der Waals surface area (Å²) in [6.45, 7) is 3.53. The summed E-state index contributed by atoms with van der Waals surface area (Å²) in [5.41, 5.74) is -0.128. The average molecular weight is 182 g/mol. The summed E-state index contributed by atoms with van der Waals surface area (Å²) in [5, 5.41) is 17.8. The molecule has 0 aromatic heterocycles. The van der Waals surface area contributed by atoms with Crippen LogP contribution in [0.4, 0.5) is 0 Å². The molecule has 2 heteroatoms. The van der Waals surface area contributed by atoms with Crippen LogP contribution in [-0.4, -0.2) is 0 Å². The topological polar surface area (TPSA) is 47.6 Å². The quantitative estimate of drug-likeness (QED) is 0.674. The van der Waals surface area contributed by atoms with Gasteiger partial charge in [0.05, 0.1) is 12.1 Å². The molecule has 1 aromatic carbocycles. The van der Waals surface area contributed by atoms with Crippen LogP contribution < -0.4 is 0 Å². The number of allylic oxidation sites excluding steroid dienone is 1. The van der Waals surface area contributed by atoms with Crippen molar-refractivity contribution in [3.05, 3.63) is 48.6 Å². The molecule has 0 atom stereocenters. The van der Waals surface area contributed by atoms with Crippen LogP contribution in [0, 0.1) is 28.1 Å². The maximum atomic E-state index is 8.89. The molecule has 0 aliphatic heterocycles. The van der Waals surface area contributed by atoms with Crippen LogP contribution in [0.3, 0.4) is 0 Å². The molecule has 1 aromatic rings. The second kappa shape index (κ2) is 4.25. The Bertz CT molecular complexity index is 379. The molecule has 0 heterocycles. The van der Waals surface area contributed by atoms with E-state index in [1.165, 1.54) is 6.08 Å². The number of hydrogen-bond acceptors (Lipinski definition) is 2. The highest BCUT2D eigenvalue weighted by Gasteiger charge is 2.25. The van der Waals surface area contributed by atoms with E-state index >= 15 is 0 Å². The smallest absolute Gasteiger partial charge is 0.165 e. The third kappa shape index (κ3) is 2.00. The summed E-state index contributed by atoms with van der Waals surface area (Å²) < 4.78 is 0. The first kappa shape index (κ1) is 10.0. The standard InChI is InChI=1S/C12H10N2/c1-2-12(9-13,10-14)8-11-6-4-3-5-7-11/h2-7H,1,8H2. The second-order valence-electron chi connectivity index (χ2n) is 3.06. The monoisotopic (exact) mass is 182 g/mol. The highest BCUT2D eigenvalue weighted by Crippen LogP contribution is 2.22. The summed E-state index contributed by atoms with van der Waals surface area (Å²) in [7, 11) is 0. The lowest BCUT2D eigenvalue weighted by atomic mass is 9.85. The molecule has 0 saturated carbocycles. The number of nitriles is 2. The number of benzene rings is 1. The fourth-order valence-electron chi connectivity index (χ4n) is 1.19. The molecular formula is C12H10N2. The van der Waals surface area contributed by atoms with Gasteiger partial charge >= 0.3 is 0 Å². The van der Waals surface area contributed by atoms with E-state index in [0.29, 0.717) is 6.42 Å². The van der Waals surface area contributed by atoms with E-state index in [0.717, 1.165) is 5.56 Å². The Balaban J connectivity index is 2.94. The summed E-state index contributed by atoms with van der Waals surface area (Å²) in [6, 6.07) is 13.4. The van der Waals surface area contributed by atoms with Gasteiger partial charge in [-0.05, 0) is 5.56 Å². The predicted octanol–water partition coefficient (Wildman–Crippen LogP) is 2.45. The van der Waals surface area contributed by atoms with Crippen LogP contribution in [0.15, 0.2) is 43.0 Å². The second-order valence-corrected chi connectivity index (χ2v) is 3.06. The number of rotatable bonds is 3. The Morgan fingerprint density at radius 2 is 1.79 bits per heavy atom. The highest BCUT2D eigenvalue weighted by atomic mass is 14.4. The Morgan fingerprint density at radius 1 is 1.21 bits per heavy atom. The fourth-order valence-corrected chi connectivity index (χ4v) is 1.19. The zero-order valence-electron chi connectivity index (χ0n) is 7.77. The molecule has 1 rings (SSSR count). The normalized spacial score (nSPS) is 9.86. The average Bonchev–Trinajstić information content (AvgIpc) is 2.28. The molecule has 0 bridgehead atoms. The van der Waals surface area contributed by atoms with Crippen molar-refractivity contribution in [1.29, 1.82) is 10.5 Å². The third-order valence-electron chi connectivity index (χ3n) is 2.07. The van der Waals surface area contributed by atoms with Crippen molar-refractivity contribution < 1.29 is 0 Å². The fraction of sp³-hybridized carbons (Fsp3) is 0.167. The SMILES string of the molecule is C=CC(C#N)(C#N)Cc1ccccc1. The summed E-state index contributed by atoms with van der Waals surface area (Å²) in [5.74, 6) is 0. The minimum Gasteiger partial charge on any atom is -0.196 e. The number of hydrogen-bond donors (Lipinski definition) is 0. The minimum atomic E-state index is -1.10. The van der Waals surface area contributed by atoms with E-state index in [4.69, 9.17) is 10.5 Å². The first-order valence-corrected chi connectivity index (χ1v) is 4.26. The zero-order valence-corrected chi connectivity index (χ0v) is 7.77. The summed E-state index contributed by atoms with van der Waals surface area (Å²) in [6.07, 6.45) is 1.80. The minimum absolute atomic E-state index is 0.393. The van der Waals surface area contributed by atoms with Gasteiger partial charge in [-0.3, -0.25) is 0 Å². The van der Waals surface area contributed by atoms with Crippen LogP contribution in [0.5, 0.6) is 0 Å². The van der Waals surface area contributed by atoms with E-state index in [2.05, 4.69) is 6.58 Å². The highest BCUT2D eigenvalue weighted by molar-refractivity contribution is 5.29. The lowest BCUT2D eigenvalue weighted by Crippen LogP contribution is -2.15. The van der Waals surface area contributed by atoms with Gasteiger partial charge in [0, 0.05) is 6.42 Å². The van der Waals surface area contributed by atoms with Gasteiger partial charge in [-0.1, -0.05) is 36.4 Å². The van der Waals surface area contributed by atoms with Gasteiger partial charge in [-0.2, -0.15) is 10.5 Å². The van der Waals surface area contributed by atoms with Gasteiger partial charge < -0.3 is 0 Å². The molecule has 0 N–H and O–H groups in total. The number of nitrogens with zero attached hydrogens (tertiary/aromatic N) is 2. The molecule has 0 aliphatic rings. The first-order valence-electron chi connectivity index (χ1n) is 4.26. The van der Waals surface area contributed by atoms with Crippen molar-refractivity contribution >= 4 is 0 Å². The van der Waals surface area contributed by atoms with Crippen molar-refractivity contribution in [3.8, 4) is 12.1 Å².